The predicted octanol–water partition coefficient (Wildman–Crippen LogP) is 1.66. The van der Waals surface area contributed by atoms with Crippen LogP contribution in [-0.2, 0) is 14.1 Å². The number of nitrogens with zero attached hydrogens (tertiary/aromatic N) is 5. The second-order valence-electron chi connectivity index (χ2n) is 7.61. The largest absolute Gasteiger partial charge is 0.495 e. The average Bonchev–Trinajstić information content (AvgIpc) is 3.45. The first kappa shape index (κ1) is 20.6. The van der Waals surface area contributed by atoms with E-state index in [4.69, 9.17) is 9.47 Å². The van der Waals surface area contributed by atoms with Crippen molar-refractivity contribution in [3.8, 4) is 11.6 Å². The van der Waals surface area contributed by atoms with Crippen molar-refractivity contribution in [2.24, 2.45) is 20.0 Å². The number of amides is 1. The van der Waals surface area contributed by atoms with E-state index >= 15 is 0 Å². The standard InChI is InChI=1S/C21H24N6O4/c1-12-7-18(26(2)24-12)20(28)23-17-9-19(25-27(3)21(17)29)31-11-13-8-15(13)16-6-5-14(30-4)10-22-16/h5-7,9-10,13,15H,8,11H2,1-4H3,(H,23,28)/t13?,15-/m1/s1. The van der Waals surface area contributed by atoms with Gasteiger partial charge in [0.25, 0.3) is 11.5 Å². The molecule has 0 spiro atoms. The van der Waals surface area contributed by atoms with Crippen molar-refractivity contribution in [3.63, 3.8) is 0 Å². The number of anilines is 1. The summed E-state index contributed by atoms with van der Waals surface area (Å²) in [6.07, 6.45) is 2.67. The Hall–Kier alpha value is -3.69. The third-order valence-electron chi connectivity index (χ3n) is 5.27. The van der Waals surface area contributed by atoms with Gasteiger partial charge in [0.1, 0.15) is 17.1 Å². The Kier molecular flexibility index (Phi) is 5.45. The van der Waals surface area contributed by atoms with Crippen LogP contribution < -0.4 is 20.3 Å². The molecule has 0 saturated heterocycles. The summed E-state index contributed by atoms with van der Waals surface area (Å²) in [4.78, 5) is 29.4. The van der Waals surface area contributed by atoms with Crippen LogP contribution in [0.25, 0.3) is 0 Å². The molecule has 162 valence electrons. The minimum atomic E-state index is -0.426. The van der Waals surface area contributed by atoms with E-state index in [0.717, 1.165) is 22.5 Å². The molecule has 10 nitrogen and oxygen atoms in total. The van der Waals surface area contributed by atoms with Crippen LogP contribution in [0.2, 0.25) is 0 Å². The normalized spacial score (nSPS) is 17.3. The van der Waals surface area contributed by atoms with E-state index < -0.39 is 11.5 Å². The number of aromatic nitrogens is 5. The molecule has 1 amide bonds. The fourth-order valence-corrected chi connectivity index (χ4v) is 3.47. The van der Waals surface area contributed by atoms with E-state index in [0.29, 0.717) is 29.8 Å². The van der Waals surface area contributed by atoms with Gasteiger partial charge in [-0.25, -0.2) is 4.68 Å². The number of carbonyl (C=O) groups is 1. The minimum Gasteiger partial charge on any atom is -0.495 e. The molecule has 3 heterocycles. The molecular weight excluding hydrogens is 400 g/mol. The van der Waals surface area contributed by atoms with Gasteiger partial charge in [0, 0.05) is 37.7 Å². The maximum atomic E-state index is 12.5. The molecule has 0 aromatic carbocycles. The fraction of sp³-hybridized carbons (Fsp3) is 0.381. The van der Waals surface area contributed by atoms with Crippen molar-refractivity contribution >= 4 is 11.6 Å². The first-order valence-corrected chi connectivity index (χ1v) is 9.88. The zero-order chi connectivity index (χ0) is 22.1. The van der Waals surface area contributed by atoms with Gasteiger partial charge in [0.05, 0.1) is 25.6 Å². The van der Waals surface area contributed by atoms with E-state index in [2.05, 4.69) is 20.5 Å². The quantitative estimate of drug-likeness (QED) is 0.614. The molecule has 0 bridgehead atoms. The van der Waals surface area contributed by atoms with Crippen molar-refractivity contribution in [3.05, 3.63) is 57.9 Å². The van der Waals surface area contributed by atoms with Crippen LogP contribution in [0.4, 0.5) is 5.69 Å². The summed E-state index contributed by atoms with van der Waals surface area (Å²) in [5.74, 6) is 1.21. The summed E-state index contributed by atoms with van der Waals surface area (Å²) < 4.78 is 13.6. The Morgan fingerprint density at radius 1 is 1.23 bits per heavy atom. The predicted molar refractivity (Wildman–Crippen MR) is 113 cm³/mol. The highest BCUT2D eigenvalue weighted by molar-refractivity contribution is 6.03. The summed E-state index contributed by atoms with van der Waals surface area (Å²) in [5, 5.41) is 10.9. The number of pyridine rings is 1. The zero-order valence-corrected chi connectivity index (χ0v) is 17.8. The van der Waals surface area contributed by atoms with Gasteiger partial charge >= 0.3 is 0 Å². The molecule has 1 aliphatic carbocycles. The molecule has 1 fully saturated rings. The van der Waals surface area contributed by atoms with Crippen molar-refractivity contribution in [1.29, 1.82) is 0 Å². The Balaban J connectivity index is 1.41. The molecule has 1 N–H and O–H groups in total. The Morgan fingerprint density at radius 2 is 2.03 bits per heavy atom. The van der Waals surface area contributed by atoms with Gasteiger partial charge in [0.15, 0.2) is 0 Å². The summed E-state index contributed by atoms with van der Waals surface area (Å²) in [7, 11) is 4.80. The van der Waals surface area contributed by atoms with Crippen LogP contribution in [0.5, 0.6) is 11.6 Å². The zero-order valence-electron chi connectivity index (χ0n) is 17.8. The lowest BCUT2D eigenvalue weighted by Gasteiger charge is -2.10. The van der Waals surface area contributed by atoms with Crippen LogP contribution in [0, 0.1) is 12.8 Å². The van der Waals surface area contributed by atoms with Gasteiger partial charge in [-0.3, -0.25) is 19.3 Å². The maximum Gasteiger partial charge on any atom is 0.290 e. The summed E-state index contributed by atoms with van der Waals surface area (Å²) in [6, 6.07) is 6.96. The van der Waals surface area contributed by atoms with E-state index in [1.807, 2.05) is 12.1 Å². The van der Waals surface area contributed by atoms with Crippen LogP contribution in [-0.4, -0.2) is 44.2 Å². The Bertz CT molecular complexity index is 1170. The number of methoxy groups -OCH3 is 1. The van der Waals surface area contributed by atoms with Gasteiger partial charge in [-0.15, -0.1) is 5.10 Å². The number of hydrogen-bond acceptors (Lipinski definition) is 7. The molecule has 3 aromatic heterocycles. The Morgan fingerprint density at radius 3 is 2.68 bits per heavy atom. The van der Waals surface area contributed by atoms with Gasteiger partial charge in [-0.1, -0.05) is 0 Å². The van der Waals surface area contributed by atoms with Gasteiger partial charge < -0.3 is 14.8 Å². The van der Waals surface area contributed by atoms with Gasteiger partial charge in [-0.05, 0) is 31.5 Å². The van der Waals surface area contributed by atoms with Crippen molar-refractivity contribution in [2.45, 2.75) is 19.3 Å². The van der Waals surface area contributed by atoms with Crippen LogP contribution in [0.1, 0.15) is 34.2 Å². The molecule has 1 unspecified atom stereocenters. The third-order valence-corrected chi connectivity index (χ3v) is 5.27. The van der Waals surface area contributed by atoms with Gasteiger partial charge in [0.2, 0.25) is 5.88 Å². The Labute approximate surface area is 178 Å². The monoisotopic (exact) mass is 424 g/mol. The number of ether oxygens (including phenoxy) is 2. The molecule has 0 radical (unpaired) electrons. The molecule has 0 aliphatic heterocycles. The highest BCUT2D eigenvalue weighted by Gasteiger charge is 2.40. The minimum absolute atomic E-state index is 0.0977. The van der Waals surface area contributed by atoms with Crippen LogP contribution in [0.15, 0.2) is 35.3 Å². The smallest absolute Gasteiger partial charge is 0.290 e. The molecular formula is C21H24N6O4. The van der Waals surface area contributed by atoms with Crippen molar-refractivity contribution in [1.82, 2.24) is 24.5 Å². The second-order valence-corrected chi connectivity index (χ2v) is 7.61. The fourth-order valence-electron chi connectivity index (χ4n) is 3.47. The topological polar surface area (TPSA) is 113 Å². The molecule has 3 aromatic rings. The molecule has 1 aliphatic rings. The van der Waals surface area contributed by atoms with Crippen LogP contribution in [0.3, 0.4) is 0 Å². The lowest BCUT2D eigenvalue weighted by Crippen LogP contribution is -2.27. The second kappa shape index (κ2) is 8.21. The highest BCUT2D eigenvalue weighted by Crippen LogP contribution is 2.46. The SMILES string of the molecule is COc1ccc([C@@H]2CC2COc2cc(NC(=O)c3cc(C)nn3C)c(=O)n(C)n2)nc1. The summed E-state index contributed by atoms with van der Waals surface area (Å²) in [6.45, 7) is 2.23. The number of carbonyl (C=O) groups excluding carboxylic acids is 1. The van der Waals surface area contributed by atoms with Crippen LogP contribution >= 0.6 is 0 Å². The molecule has 1 saturated carbocycles. The molecule has 10 heteroatoms. The van der Waals surface area contributed by atoms with E-state index in [1.165, 1.54) is 17.8 Å². The third kappa shape index (κ3) is 4.42. The summed E-state index contributed by atoms with van der Waals surface area (Å²) in [5.41, 5.74) is 1.74. The van der Waals surface area contributed by atoms with E-state index in [9.17, 15) is 9.59 Å². The number of nitrogens with one attached hydrogen (secondary N) is 1. The number of hydrogen-bond donors (Lipinski definition) is 1. The van der Waals surface area contributed by atoms with E-state index in [-0.39, 0.29) is 11.6 Å². The molecule has 2 atom stereocenters. The molecule has 31 heavy (non-hydrogen) atoms. The molecule has 4 rings (SSSR count). The lowest BCUT2D eigenvalue weighted by atomic mass is 10.2. The van der Waals surface area contributed by atoms with Crippen molar-refractivity contribution < 1.29 is 14.3 Å². The number of aryl methyl sites for hydroxylation is 3. The summed E-state index contributed by atoms with van der Waals surface area (Å²) >= 11 is 0. The maximum absolute atomic E-state index is 12.5. The highest BCUT2D eigenvalue weighted by atomic mass is 16.5. The number of rotatable bonds is 7. The first-order chi connectivity index (χ1) is 14.9. The van der Waals surface area contributed by atoms with Gasteiger partial charge in [-0.2, -0.15) is 5.10 Å². The first-order valence-electron chi connectivity index (χ1n) is 9.88. The lowest BCUT2D eigenvalue weighted by molar-refractivity contribution is 0.101. The van der Waals surface area contributed by atoms with Crippen molar-refractivity contribution in [2.75, 3.05) is 19.0 Å². The van der Waals surface area contributed by atoms with E-state index in [1.54, 1.807) is 33.3 Å². The average molecular weight is 424 g/mol.